The van der Waals surface area contributed by atoms with Gasteiger partial charge in [0.1, 0.15) is 0 Å². The predicted octanol–water partition coefficient (Wildman–Crippen LogP) is 4.35. The standard InChI is InChI=1S/C15H19NS/c1-4-11-6-5-7-13-12(9-17)8-14(10(2)3)16-15(11)13/h5-8,10,17H,4,9H2,1-3H3. The molecule has 0 unspecified atom stereocenters. The first kappa shape index (κ1) is 12.4. The van der Waals surface area contributed by atoms with E-state index in [1.807, 2.05) is 0 Å². The van der Waals surface area contributed by atoms with Crippen LogP contribution < -0.4 is 0 Å². The first-order valence-corrected chi connectivity index (χ1v) is 6.82. The van der Waals surface area contributed by atoms with Crippen LogP contribution >= 0.6 is 12.6 Å². The lowest BCUT2D eigenvalue weighted by Gasteiger charge is -2.12. The van der Waals surface area contributed by atoms with Gasteiger partial charge < -0.3 is 0 Å². The highest BCUT2D eigenvalue weighted by atomic mass is 32.1. The van der Waals surface area contributed by atoms with E-state index in [1.54, 1.807) is 0 Å². The van der Waals surface area contributed by atoms with Crippen molar-refractivity contribution in [2.45, 2.75) is 38.9 Å². The van der Waals surface area contributed by atoms with Gasteiger partial charge >= 0.3 is 0 Å². The Morgan fingerprint density at radius 3 is 2.59 bits per heavy atom. The lowest BCUT2D eigenvalue weighted by molar-refractivity contribution is 0.827. The Balaban J connectivity index is 2.78. The molecule has 0 saturated carbocycles. The summed E-state index contributed by atoms with van der Waals surface area (Å²) >= 11 is 4.44. The zero-order chi connectivity index (χ0) is 12.4. The zero-order valence-corrected chi connectivity index (χ0v) is 11.6. The summed E-state index contributed by atoms with van der Waals surface area (Å²) in [6.07, 6.45) is 1.03. The van der Waals surface area contributed by atoms with E-state index in [4.69, 9.17) is 4.98 Å². The summed E-state index contributed by atoms with van der Waals surface area (Å²) in [7, 11) is 0. The Labute approximate surface area is 109 Å². The number of fused-ring (bicyclic) bond motifs is 1. The van der Waals surface area contributed by atoms with E-state index in [1.165, 1.54) is 22.2 Å². The molecule has 0 radical (unpaired) electrons. The molecule has 17 heavy (non-hydrogen) atoms. The van der Waals surface area contributed by atoms with Gasteiger partial charge in [-0.25, -0.2) is 0 Å². The minimum atomic E-state index is 0.461. The van der Waals surface area contributed by atoms with E-state index >= 15 is 0 Å². The van der Waals surface area contributed by atoms with Crippen LogP contribution in [0, 0.1) is 0 Å². The van der Waals surface area contributed by atoms with Crippen molar-refractivity contribution in [1.82, 2.24) is 4.98 Å². The van der Waals surface area contributed by atoms with Crippen LogP contribution in [0.15, 0.2) is 24.3 Å². The van der Waals surface area contributed by atoms with Crippen LogP contribution in [0.3, 0.4) is 0 Å². The van der Waals surface area contributed by atoms with Crippen molar-refractivity contribution in [2.75, 3.05) is 0 Å². The first-order chi connectivity index (χ1) is 8.17. The van der Waals surface area contributed by atoms with Crippen LogP contribution in [0.5, 0.6) is 0 Å². The number of para-hydroxylation sites is 1. The van der Waals surface area contributed by atoms with Crippen LogP contribution in [0.1, 0.15) is 43.5 Å². The second-order valence-electron chi connectivity index (χ2n) is 4.69. The van der Waals surface area contributed by atoms with E-state index < -0.39 is 0 Å². The minimum Gasteiger partial charge on any atom is -0.252 e. The van der Waals surface area contributed by atoms with Gasteiger partial charge in [-0.2, -0.15) is 12.6 Å². The number of benzene rings is 1. The molecule has 1 aromatic heterocycles. The molecule has 0 aliphatic rings. The maximum Gasteiger partial charge on any atom is 0.0740 e. The average molecular weight is 245 g/mol. The van der Waals surface area contributed by atoms with Gasteiger partial charge in [0, 0.05) is 16.8 Å². The summed E-state index contributed by atoms with van der Waals surface area (Å²) < 4.78 is 0. The van der Waals surface area contributed by atoms with E-state index in [-0.39, 0.29) is 0 Å². The number of aryl methyl sites for hydroxylation is 1. The Morgan fingerprint density at radius 1 is 1.24 bits per heavy atom. The maximum absolute atomic E-state index is 4.82. The van der Waals surface area contributed by atoms with Gasteiger partial charge in [-0.05, 0) is 29.5 Å². The number of aromatic nitrogens is 1. The Kier molecular flexibility index (Phi) is 3.72. The van der Waals surface area contributed by atoms with Crippen molar-refractivity contribution >= 4 is 23.5 Å². The minimum absolute atomic E-state index is 0.461. The number of hydrogen-bond acceptors (Lipinski definition) is 2. The smallest absolute Gasteiger partial charge is 0.0740 e. The van der Waals surface area contributed by atoms with Gasteiger partial charge in [0.25, 0.3) is 0 Å². The number of nitrogens with zero attached hydrogens (tertiary/aromatic N) is 1. The summed E-state index contributed by atoms with van der Waals surface area (Å²) in [5.74, 6) is 1.23. The molecule has 0 amide bonds. The molecule has 2 rings (SSSR count). The molecule has 1 aromatic carbocycles. The summed E-state index contributed by atoms with van der Waals surface area (Å²) in [5, 5.41) is 1.25. The highest BCUT2D eigenvalue weighted by molar-refractivity contribution is 7.79. The Morgan fingerprint density at radius 2 is 2.00 bits per heavy atom. The first-order valence-electron chi connectivity index (χ1n) is 6.19. The Hall–Kier alpha value is -1.02. The molecule has 1 heterocycles. The topological polar surface area (TPSA) is 12.9 Å². The molecule has 0 fully saturated rings. The van der Waals surface area contributed by atoms with Gasteiger partial charge in [0.2, 0.25) is 0 Å². The van der Waals surface area contributed by atoms with Gasteiger partial charge in [0.05, 0.1) is 5.52 Å². The van der Waals surface area contributed by atoms with E-state index in [2.05, 4.69) is 57.7 Å². The van der Waals surface area contributed by atoms with Gasteiger partial charge in [-0.15, -0.1) is 0 Å². The molecule has 0 N–H and O–H groups in total. The Bertz CT molecular complexity index is 532. The third kappa shape index (κ3) is 2.32. The molecule has 2 heteroatoms. The third-order valence-corrected chi connectivity index (χ3v) is 3.51. The van der Waals surface area contributed by atoms with Crippen LogP contribution in [0.4, 0.5) is 0 Å². The highest BCUT2D eigenvalue weighted by Gasteiger charge is 2.09. The summed E-state index contributed by atoms with van der Waals surface area (Å²) in [6, 6.07) is 8.63. The second-order valence-corrected chi connectivity index (χ2v) is 5.00. The lowest BCUT2D eigenvalue weighted by atomic mass is 10.0. The number of pyridine rings is 1. The van der Waals surface area contributed by atoms with Crippen molar-refractivity contribution in [1.29, 1.82) is 0 Å². The second kappa shape index (κ2) is 5.09. The number of rotatable bonds is 3. The third-order valence-electron chi connectivity index (χ3n) is 3.17. The molecule has 0 bridgehead atoms. The summed E-state index contributed by atoms with van der Waals surface area (Å²) in [6.45, 7) is 6.55. The fourth-order valence-electron chi connectivity index (χ4n) is 2.11. The van der Waals surface area contributed by atoms with E-state index in [0.717, 1.165) is 17.7 Å². The lowest BCUT2D eigenvalue weighted by Crippen LogP contribution is -1.98. The molecular weight excluding hydrogens is 226 g/mol. The van der Waals surface area contributed by atoms with Crippen molar-refractivity contribution in [3.63, 3.8) is 0 Å². The molecule has 1 nitrogen and oxygen atoms in total. The predicted molar refractivity (Wildman–Crippen MR) is 77.9 cm³/mol. The molecule has 2 aromatic rings. The maximum atomic E-state index is 4.82. The van der Waals surface area contributed by atoms with E-state index in [0.29, 0.717) is 5.92 Å². The molecule has 0 aliphatic carbocycles. The SMILES string of the molecule is CCc1cccc2c(CS)cc(C(C)C)nc12. The van der Waals surface area contributed by atoms with Gasteiger partial charge in [-0.3, -0.25) is 4.98 Å². The van der Waals surface area contributed by atoms with Gasteiger partial charge in [0.15, 0.2) is 0 Å². The van der Waals surface area contributed by atoms with E-state index in [9.17, 15) is 0 Å². The summed E-state index contributed by atoms with van der Waals surface area (Å²) in [5.41, 5.74) is 4.94. The molecular formula is C15H19NS. The quantitative estimate of drug-likeness (QED) is 0.793. The number of thiol groups is 1. The van der Waals surface area contributed by atoms with Crippen molar-refractivity contribution in [3.05, 3.63) is 41.1 Å². The van der Waals surface area contributed by atoms with Crippen molar-refractivity contribution in [2.24, 2.45) is 0 Å². The summed E-state index contributed by atoms with van der Waals surface area (Å²) in [4.78, 5) is 4.82. The normalized spacial score (nSPS) is 11.4. The van der Waals surface area contributed by atoms with Crippen LogP contribution in [-0.4, -0.2) is 4.98 Å². The zero-order valence-electron chi connectivity index (χ0n) is 10.7. The van der Waals surface area contributed by atoms with Crippen molar-refractivity contribution in [3.8, 4) is 0 Å². The average Bonchev–Trinajstić information content (AvgIpc) is 2.36. The monoisotopic (exact) mass is 245 g/mol. The van der Waals surface area contributed by atoms with Crippen molar-refractivity contribution < 1.29 is 0 Å². The molecule has 0 saturated heterocycles. The van der Waals surface area contributed by atoms with Gasteiger partial charge in [-0.1, -0.05) is 39.0 Å². The number of hydrogen-bond donors (Lipinski definition) is 1. The van der Waals surface area contributed by atoms with Crippen LogP contribution in [0.2, 0.25) is 0 Å². The largest absolute Gasteiger partial charge is 0.252 e. The molecule has 90 valence electrons. The molecule has 0 spiro atoms. The molecule has 0 atom stereocenters. The van der Waals surface area contributed by atoms with Crippen LogP contribution in [-0.2, 0) is 12.2 Å². The fraction of sp³-hybridized carbons (Fsp3) is 0.400. The highest BCUT2D eigenvalue weighted by Crippen LogP contribution is 2.26. The molecule has 0 aliphatic heterocycles. The fourth-order valence-corrected chi connectivity index (χ4v) is 2.37. The van der Waals surface area contributed by atoms with Crippen LogP contribution in [0.25, 0.3) is 10.9 Å².